The molecule has 0 radical (unpaired) electrons. The van der Waals surface area contributed by atoms with Gasteiger partial charge in [0.25, 0.3) is 0 Å². The third kappa shape index (κ3) is 2.89. The smallest absolute Gasteiger partial charge is 0.206 e. The average molecular weight is 320 g/mol. The zero-order chi connectivity index (χ0) is 16.5. The van der Waals surface area contributed by atoms with E-state index >= 15 is 0 Å². The van der Waals surface area contributed by atoms with Gasteiger partial charge in [-0.3, -0.25) is 0 Å². The van der Waals surface area contributed by atoms with Crippen molar-refractivity contribution in [2.24, 2.45) is 5.73 Å². The Morgan fingerprint density at radius 3 is 2.71 bits per heavy atom. The number of hydrogen-bond donors (Lipinski definition) is 1. The van der Waals surface area contributed by atoms with E-state index in [4.69, 9.17) is 10.7 Å². The van der Waals surface area contributed by atoms with Crippen molar-refractivity contribution in [2.45, 2.75) is 32.4 Å². The summed E-state index contributed by atoms with van der Waals surface area (Å²) >= 11 is 0. The quantitative estimate of drug-likeness (QED) is 0.805. The molecule has 1 saturated heterocycles. The summed E-state index contributed by atoms with van der Waals surface area (Å²) in [6.45, 7) is 4.88. The average Bonchev–Trinajstić information content (AvgIpc) is 2.96. The number of anilines is 1. The number of aromatic nitrogens is 2. The van der Waals surface area contributed by atoms with E-state index in [-0.39, 0.29) is 6.04 Å². The molecule has 1 aliphatic heterocycles. The Morgan fingerprint density at radius 1 is 1.12 bits per heavy atom. The van der Waals surface area contributed by atoms with Crippen LogP contribution in [0.4, 0.5) is 5.95 Å². The lowest BCUT2D eigenvalue weighted by Crippen LogP contribution is -2.44. The number of imidazole rings is 1. The van der Waals surface area contributed by atoms with Gasteiger partial charge in [-0.25, -0.2) is 4.98 Å². The van der Waals surface area contributed by atoms with Crippen LogP contribution in [0.5, 0.6) is 0 Å². The van der Waals surface area contributed by atoms with Crippen LogP contribution in [-0.4, -0.2) is 28.7 Å². The summed E-state index contributed by atoms with van der Waals surface area (Å²) < 4.78 is 2.33. The van der Waals surface area contributed by atoms with Crippen LogP contribution in [0.25, 0.3) is 11.0 Å². The molecule has 2 aromatic carbocycles. The summed E-state index contributed by atoms with van der Waals surface area (Å²) in [5.74, 6) is 1.05. The van der Waals surface area contributed by atoms with E-state index in [1.54, 1.807) is 0 Å². The van der Waals surface area contributed by atoms with E-state index in [9.17, 15) is 0 Å². The topological polar surface area (TPSA) is 47.1 Å². The van der Waals surface area contributed by atoms with Crippen molar-refractivity contribution in [2.75, 3.05) is 18.0 Å². The molecule has 1 fully saturated rings. The molecule has 2 N–H and O–H groups in total. The van der Waals surface area contributed by atoms with Gasteiger partial charge in [0, 0.05) is 19.1 Å². The van der Waals surface area contributed by atoms with Gasteiger partial charge in [0.2, 0.25) is 5.95 Å². The molecule has 3 aromatic rings. The lowest BCUT2D eigenvalue weighted by molar-refractivity contribution is 0.495. The van der Waals surface area contributed by atoms with E-state index in [0.29, 0.717) is 0 Å². The summed E-state index contributed by atoms with van der Waals surface area (Å²) in [5, 5.41) is 0. The van der Waals surface area contributed by atoms with Gasteiger partial charge in [-0.05, 0) is 37.5 Å². The van der Waals surface area contributed by atoms with E-state index in [2.05, 4.69) is 64.9 Å². The predicted molar refractivity (Wildman–Crippen MR) is 99.4 cm³/mol. The highest BCUT2D eigenvalue weighted by atomic mass is 15.3. The van der Waals surface area contributed by atoms with Crippen LogP contribution in [0.3, 0.4) is 0 Å². The lowest BCUT2D eigenvalue weighted by atomic mass is 10.1. The van der Waals surface area contributed by atoms with Gasteiger partial charge in [0.15, 0.2) is 0 Å². The van der Waals surface area contributed by atoms with Crippen LogP contribution in [0.1, 0.15) is 24.0 Å². The normalized spacial score (nSPS) is 18.2. The summed E-state index contributed by atoms with van der Waals surface area (Å²) in [5.41, 5.74) is 11.0. The minimum atomic E-state index is 0.242. The Balaban J connectivity index is 1.76. The summed E-state index contributed by atoms with van der Waals surface area (Å²) in [6, 6.07) is 17.4. The highest BCUT2D eigenvalue weighted by Crippen LogP contribution is 2.26. The van der Waals surface area contributed by atoms with Crippen molar-refractivity contribution < 1.29 is 0 Å². The van der Waals surface area contributed by atoms with Crippen molar-refractivity contribution in [3.63, 3.8) is 0 Å². The molecule has 0 aliphatic carbocycles. The highest BCUT2D eigenvalue weighted by molar-refractivity contribution is 5.79. The molecule has 1 aliphatic rings. The molecule has 0 saturated carbocycles. The molecular formula is C20H24N4. The van der Waals surface area contributed by atoms with Crippen LogP contribution in [-0.2, 0) is 6.54 Å². The molecule has 1 atom stereocenters. The third-order valence-corrected chi connectivity index (χ3v) is 4.84. The van der Waals surface area contributed by atoms with Crippen LogP contribution >= 0.6 is 0 Å². The number of nitrogens with zero attached hydrogens (tertiary/aromatic N) is 3. The number of piperidine rings is 1. The molecule has 2 heterocycles. The molecule has 4 rings (SSSR count). The van der Waals surface area contributed by atoms with Gasteiger partial charge in [-0.15, -0.1) is 0 Å². The van der Waals surface area contributed by atoms with Gasteiger partial charge in [-0.1, -0.05) is 42.0 Å². The molecule has 124 valence electrons. The summed E-state index contributed by atoms with van der Waals surface area (Å²) in [6.07, 6.45) is 2.24. The van der Waals surface area contributed by atoms with Crippen LogP contribution < -0.4 is 10.6 Å². The van der Waals surface area contributed by atoms with Crippen LogP contribution in [0.2, 0.25) is 0 Å². The van der Waals surface area contributed by atoms with Gasteiger partial charge in [0.05, 0.1) is 17.6 Å². The lowest BCUT2D eigenvalue weighted by Gasteiger charge is -2.32. The van der Waals surface area contributed by atoms with E-state index < -0.39 is 0 Å². The highest BCUT2D eigenvalue weighted by Gasteiger charge is 2.22. The molecule has 4 nitrogen and oxygen atoms in total. The first kappa shape index (κ1) is 15.2. The molecule has 0 unspecified atom stereocenters. The number of para-hydroxylation sites is 2. The Kier molecular flexibility index (Phi) is 3.98. The molecule has 1 aromatic heterocycles. The Bertz CT molecular complexity index is 834. The van der Waals surface area contributed by atoms with Gasteiger partial charge < -0.3 is 15.2 Å². The Hall–Kier alpha value is -2.33. The summed E-state index contributed by atoms with van der Waals surface area (Å²) in [7, 11) is 0. The SMILES string of the molecule is Cc1ccc(Cn2c(N3CCC[C@@H](N)C3)nc3ccccc32)cc1. The number of fused-ring (bicyclic) bond motifs is 1. The fraction of sp³-hybridized carbons (Fsp3) is 0.350. The van der Waals surface area contributed by atoms with Crippen molar-refractivity contribution in [3.8, 4) is 0 Å². The maximum absolute atomic E-state index is 6.20. The fourth-order valence-electron chi connectivity index (χ4n) is 3.53. The van der Waals surface area contributed by atoms with Gasteiger partial charge >= 0.3 is 0 Å². The zero-order valence-electron chi connectivity index (χ0n) is 14.2. The van der Waals surface area contributed by atoms with E-state index in [1.165, 1.54) is 16.6 Å². The Morgan fingerprint density at radius 2 is 1.92 bits per heavy atom. The Labute approximate surface area is 142 Å². The second kappa shape index (κ2) is 6.29. The van der Waals surface area contributed by atoms with Crippen molar-refractivity contribution >= 4 is 17.0 Å². The van der Waals surface area contributed by atoms with Crippen LogP contribution in [0.15, 0.2) is 48.5 Å². The zero-order valence-corrected chi connectivity index (χ0v) is 14.2. The summed E-state index contributed by atoms with van der Waals surface area (Å²) in [4.78, 5) is 7.27. The fourth-order valence-corrected chi connectivity index (χ4v) is 3.53. The minimum absolute atomic E-state index is 0.242. The largest absolute Gasteiger partial charge is 0.341 e. The molecule has 0 bridgehead atoms. The number of benzene rings is 2. The van der Waals surface area contributed by atoms with Crippen molar-refractivity contribution in [1.29, 1.82) is 0 Å². The maximum Gasteiger partial charge on any atom is 0.206 e. The number of nitrogens with two attached hydrogens (primary N) is 1. The van der Waals surface area contributed by atoms with Gasteiger partial charge in [-0.2, -0.15) is 0 Å². The predicted octanol–water partition coefficient (Wildman–Crippen LogP) is 3.32. The first-order valence-electron chi connectivity index (χ1n) is 8.72. The number of aryl methyl sites for hydroxylation is 1. The molecule has 4 heteroatoms. The maximum atomic E-state index is 6.20. The first-order valence-corrected chi connectivity index (χ1v) is 8.72. The molecule has 0 spiro atoms. The van der Waals surface area contributed by atoms with Crippen molar-refractivity contribution in [1.82, 2.24) is 9.55 Å². The van der Waals surface area contributed by atoms with E-state index in [0.717, 1.165) is 43.9 Å². The second-order valence-electron chi connectivity index (χ2n) is 6.82. The second-order valence-corrected chi connectivity index (χ2v) is 6.82. The van der Waals surface area contributed by atoms with Crippen LogP contribution in [0, 0.1) is 6.92 Å². The number of hydrogen-bond acceptors (Lipinski definition) is 3. The van der Waals surface area contributed by atoms with Crippen molar-refractivity contribution in [3.05, 3.63) is 59.7 Å². The standard InChI is InChI=1S/C20H24N4/c1-15-8-10-16(11-9-15)13-24-19-7-3-2-6-18(19)22-20(24)23-12-4-5-17(21)14-23/h2-3,6-11,17H,4-5,12-14,21H2,1H3/t17-/m1/s1. The first-order chi connectivity index (χ1) is 11.7. The van der Waals surface area contributed by atoms with Gasteiger partial charge in [0.1, 0.15) is 0 Å². The minimum Gasteiger partial charge on any atom is -0.341 e. The monoisotopic (exact) mass is 320 g/mol. The molecule has 0 amide bonds. The van der Waals surface area contributed by atoms with E-state index in [1.807, 2.05) is 0 Å². The molecular weight excluding hydrogens is 296 g/mol. The third-order valence-electron chi connectivity index (χ3n) is 4.84. The number of rotatable bonds is 3. The molecule has 24 heavy (non-hydrogen) atoms.